The van der Waals surface area contributed by atoms with Gasteiger partial charge in [-0.15, -0.1) is 0 Å². The number of ether oxygens (including phenoxy) is 2. The molecule has 3 heteroatoms. The van der Waals surface area contributed by atoms with Crippen molar-refractivity contribution in [2.24, 2.45) is 5.92 Å². The summed E-state index contributed by atoms with van der Waals surface area (Å²) in [6, 6.07) is 0. The molecule has 0 saturated heterocycles. The van der Waals surface area contributed by atoms with Crippen LogP contribution in [0.3, 0.4) is 0 Å². The van der Waals surface area contributed by atoms with Gasteiger partial charge in [0.2, 0.25) is 0 Å². The Morgan fingerprint density at radius 1 is 1.06 bits per heavy atom. The van der Waals surface area contributed by atoms with Crippen LogP contribution in [0.5, 0.6) is 0 Å². The summed E-state index contributed by atoms with van der Waals surface area (Å²) in [5.74, 6) is 0.705. The molecule has 0 radical (unpaired) electrons. The van der Waals surface area contributed by atoms with Crippen LogP contribution in [0.15, 0.2) is 0 Å². The smallest absolute Gasteiger partial charge is 0.0674 e. The minimum atomic E-state index is 0.288. The molecule has 0 aromatic carbocycles. The number of rotatable bonds is 10. The second kappa shape index (κ2) is 10.1. The Hall–Kier alpha value is -0.120. The van der Waals surface area contributed by atoms with E-state index in [4.69, 9.17) is 9.47 Å². The molecule has 0 saturated carbocycles. The van der Waals surface area contributed by atoms with Gasteiger partial charge in [0, 0.05) is 20.3 Å². The standard InChI is InChI=1S/C13H29NO2/c1-11(2)9-12(3)16-13(4)10-14-7-6-8-15-5/h11-14H,6-10H2,1-5H3. The van der Waals surface area contributed by atoms with Crippen molar-refractivity contribution in [3.63, 3.8) is 0 Å². The van der Waals surface area contributed by atoms with E-state index in [1.807, 2.05) is 0 Å². The summed E-state index contributed by atoms with van der Waals surface area (Å²) >= 11 is 0. The predicted molar refractivity (Wildman–Crippen MR) is 68.8 cm³/mol. The van der Waals surface area contributed by atoms with Crippen molar-refractivity contribution in [2.75, 3.05) is 26.8 Å². The van der Waals surface area contributed by atoms with Crippen molar-refractivity contribution in [3.8, 4) is 0 Å². The Balaban J connectivity index is 3.39. The lowest BCUT2D eigenvalue weighted by Gasteiger charge is -2.21. The third kappa shape index (κ3) is 10.4. The van der Waals surface area contributed by atoms with Crippen LogP contribution in [0.2, 0.25) is 0 Å². The van der Waals surface area contributed by atoms with Crippen LogP contribution in [-0.2, 0) is 9.47 Å². The molecule has 1 N–H and O–H groups in total. The average Bonchev–Trinajstić information content (AvgIpc) is 2.15. The highest BCUT2D eigenvalue weighted by Crippen LogP contribution is 2.09. The van der Waals surface area contributed by atoms with E-state index in [-0.39, 0.29) is 6.10 Å². The molecule has 0 rings (SSSR count). The van der Waals surface area contributed by atoms with E-state index < -0.39 is 0 Å². The van der Waals surface area contributed by atoms with Crippen LogP contribution in [0.25, 0.3) is 0 Å². The van der Waals surface area contributed by atoms with E-state index in [0.717, 1.165) is 32.5 Å². The highest BCUT2D eigenvalue weighted by atomic mass is 16.5. The van der Waals surface area contributed by atoms with Crippen LogP contribution in [-0.4, -0.2) is 39.0 Å². The van der Waals surface area contributed by atoms with E-state index in [0.29, 0.717) is 12.0 Å². The van der Waals surface area contributed by atoms with Crippen LogP contribution in [0.1, 0.15) is 40.5 Å². The molecule has 0 fully saturated rings. The van der Waals surface area contributed by atoms with Gasteiger partial charge < -0.3 is 14.8 Å². The number of hydrogen-bond donors (Lipinski definition) is 1. The minimum absolute atomic E-state index is 0.288. The highest BCUT2D eigenvalue weighted by Gasteiger charge is 2.09. The fraction of sp³-hybridized carbons (Fsp3) is 1.00. The minimum Gasteiger partial charge on any atom is -0.385 e. The van der Waals surface area contributed by atoms with Crippen molar-refractivity contribution in [2.45, 2.75) is 52.7 Å². The van der Waals surface area contributed by atoms with Crippen molar-refractivity contribution >= 4 is 0 Å². The van der Waals surface area contributed by atoms with Gasteiger partial charge in [-0.2, -0.15) is 0 Å². The number of nitrogens with one attached hydrogen (secondary N) is 1. The molecule has 0 heterocycles. The van der Waals surface area contributed by atoms with E-state index in [1.165, 1.54) is 0 Å². The zero-order chi connectivity index (χ0) is 12.4. The third-order valence-electron chi connectivity index (χ3n) is 2.40. The van der Waals surface area contributed by atoms with Crippen LogP contribution in [0, 0.1) is 5.92 Å². The van der Waals surface area contributed by atoms with Crippen molar-refractivity contribution in [1.29, 1.82) is 0 Å². The first-order valence-corrected chi connectivity index (χ1v) is 6.41. The molecule has 0 aliphatic heterocycles. The maximum atomic E-state index is 5.87. The monoisotopic (exact) mass is 231 g/mol. The fourth-order valence-electron chi connectivity index (χ4n) is 1.81. The Labute approximate surface area is 101 Å². The van der Waals surface area contributed by atoms with Gasteiger partial charge in [-0.05, 0) is 39.2 Å². The molecule has 2 unspecified atom stereocenters. The zero-order valence-corrected chi connectivity index (χ0v) is 11.6. The van der Waals surface area contributed by atoms with Gasteiger partial charge in [0.15, 0.2) is 0 Å². The second-order valence-corrected chi connectivity index (χ2v) is 4.94. The Bertz CT molecular complexity index is 151. The predicted octanol–water partition coefficient (Wildman–Crippen LogP) is 2.45. The van der Waals surface area contributed by atoms with Gasteiger partial charge in [0.25, 0.3) is 0 Å². The molecule has 0 aliphatic carbocycles. The fourth-order valence-corrected chi connectivity index (χ4v) is 1.81. The topological polar surface area (TPSA) is 30.5 Å². The normalized spacial score (nSPS) is 15.4. The molecular formula is C13H29NO2. The lowest BCUT2D eigenvalue weighted by molar-refractivity contribution is -0.00114. The molecule has 0 amide bonds. The average molecular weight is 231 g/mol. The molecule has 0 aliphatic rings. The summed E-state index contributed by atoms with van der Waals surface area (Å²) in [6.45, 7) is 11.5. The molecule has 98 valence electrons. The van der Waals surface area contributed by atoms with Gasteiger partial charge >= 0.3 is 0 Å². The van der Waals surface area contributed by atoms with Gasteiger partial charge in [-0.25, -0.2) is 0 Å². The summed E-state index contributed by atoms with van der Waals surface area (Å²) in [6.07, 6.45) is 2.84. The maximum Gasteiger partial charge on any atom is 0.0674 e. The zero-order valence-electron chi connectivity index (χ0n) is 11.6. The van der Waals surface area contributed by atoms with Crippen LogP contribution >= 0.6 is 0 Å². The molecule has 16 heavy (non-hydrogen) atoms. The van der Waals surface area contributed by atoms with Crippen LogP contribution < -0.4 is 5.32 Å². The van der Waals surface area contributed by atoms with E-state index in [9.17, 15) is 0 Å². The molecule has 2 atom stereocenters. The molecule has 0 bridgehead atoms. The Morgan fingerprint density at radius 3 is 2.31 bits per heavy atom. The van der Waals surface area contributed by atoms with Gasteiger partial charge in [-0.3, -0.25) is 0 Å². The van der Waals surface area contributed by atoms with Gasteiger partial charge in [-0.1, -0.05) is 13.8 Å². The SMILES string of the molecule is COCCCNCC(C)OC(C)CC(C)C. The summed E-state index contributed by atoms with van der Waals surface area (Å²) in [7, 11) is 1.74. The Kier molecular flexibility index (Phi) is 9.99. The van der Waals surface area contributed by atoms with Gasteiger partial charge in [0.05, 0.1) is 12.2 Å². The Morgan fingerprint density at radius 2 is 1.75 bits per heavy atom. The quantitative estimate of drug-likeness (QED) is 0.586. The molecule has 0 aromatic heterocycles. The van der Waals surface area contributed by atoms with Crippen molar-refractivity contribution < 1.29 is 9.47 Å². The van der Waals surface area contributed by atoms with Gasteiger partial charge in [0.1, 0.15) is 0 Å². The van der Waals surface area contributed by atoms with E-state index in [1.54, 1.807) is 7.11 Å². The number of hydrogen-bond acceptors (Lipinski definition) is 3. The summed E-state index contributed by atoms with van der Waals surface area (Å²) in [5, 5.41) is 3.37. The van der Waals surface area contributed by atoms with Crippen LogP contribution in [0.4, 0.5) is 0 Å². The summed E-state index contributed by atoms with van der Waals surface area (Å²) < 4.78 is 10.9. The highest BCUT2D eigenvalue weighted by molar-refractivity contribution is 4.60. The van der Waals surface area contributed by atoms with Crippen molar-refractivity contribution in [3.05, 3.63) is 0 Å². The lowest BCUT2D eigenvalue weighted by Crippen LogP contribution is -2.30. The lowest BCUT2D eigenvalue weighted by atomic mass is 10.1. The second-order valence-electron chi connectivity index (χ2n) is 4.94. The summed E-state index contributed by atoms with van der Waals surface area (Å²) in [4.78, 5) is 0. The molecule has 0 spiro atoms. The third-order valence-corrected chi connectivity index (χ3v) is 2.40. The molecular weight excluding hydrogens is 202 g/mol. The molecule has 3 nitrogen and oxygen atoms in total. The first kappa shape index (κ1) is 15.9. The van der Waals surface area contributed by atoms with Crippen molar-refractivity contribution in [1.82, 2.24) is 5.32 Å². The largest absolute Gasteiger partial charge is 0.385 e. The number of methoxy groups -OCH3 is 1. The first-order chi connectivity index (χ1) is 7.56. The summed E-state index contributed by atoms with van der Waals surface area (Å²) in [5.41, 5.74) is 0. The maximum absolute atomic E-state index is 5.87. The molecule has 0 aromatic rings. The first-order valence-electron chi connectivity index (χ1n) is 6.41. The van der Waals surface area contributed by atoms with E-state index >= 15 is 0 Å². The van der Waals surface area contributed by atoms with E-state index in [2.05, 4.69) is 33.0 Å².